The van der Waals surface area contributed by atoms with Gasteiger partial charge in [-0.2, -0.15) is 0 Å². The fraction of sp³-hybridized carbons (Fsp3) is 0.192. The van der Waals surface area contributed by atoms with Crippen LogP contribution < -0.4 is 15.0 Å². The molecule has 0 aliphatic rings. The smallest absolute Gasteiger partial charge is 0.303 e. The molecule has 0 aliphatic heterocycles. The second-order valence-electron chi connectivity index (χ2n) is 7.72. The van der Waals surface area contributed by atoms with Gasteiger partial charge < -0.3 is 14.6 Å². The average molecular weight is 498 g/mol. The second kappa shape index (κ2) is 12.0. The van der Waals surface area contributed by atoms with Gasteiger partial charge in [0.2, 0.25) is 0 Å². The summed E-state index contributed by atoms with van der Waals surface area (Å²) in [6, 6.07) is 21.1. The highest BCUT2D eigenvalue weighted by Crippen LogP contribution is 2.20. The minimum atomic E-state index is -3.28. The van der Waals surface area contributed by atoms with Crippen molar-refractivity contribution in [3.8, 4) is 11.5 Å². The molecule has 35 heavy (non-hydrogen) atoms. The van der Waals surface area contributed by atoms with Crippen molar-refractivity contribution in [1.29, 1.82) is 0 Å². The van der Waals surface area contributed by atoms with Crippen molar-refractivity contribution in [2.24, 2.45) is 0 Å². The van der Waals surface area contributed by atoms with Crippen LogP contribution in [0.5, 0.6) is 11.5 Å². The molecule has 0 saturated carbocycles. The van der Waals surface area contributed by atoms with E-state index in [-0.39, 0.29) is 11.3 Å². The summed E-state index contributed by atoms with van der Waals surface area (Å²) in [4.78, 5) is 15.9. The molecule has 2 N–H and O–H groups in total. The number of nitrogens with one attached hydrogen (secondary N) is 1. The van der Waals surface area contributed by atoms with Crippen LogP contribution in [-0.2, 0) is 32.5 Å². The van der Waals surface area contributed by atoms with Crippen molar-refractivity contribution < 1.29 is 32.6 Å². The third-order valence-electron chi connectivity index (χ3n) is 5.00. The highest BCUT2D eigenvalue weighted by Gasteiger charge is 2.09. The van der Waals surface area contributed by atoms with E-state index in [1.165, 1.54) is 25.5 Å². The topological polar surface area (TPSA) is 111 Å². The fourth-order valence-corrected chi connectivity index (χ4v) is 3.73. The number of hydroxylamine groups is 1. The maximum Gasteiger partial charge on any atom is 0.303 e. The van der Waals surface area contributed by atoms with Crippen molar-refractivity contribution in [3.63, 3.8) is 0 Å². The summed E-state index contributed by atoms with van der Waals surface area (Å²) in [5.74, 6) is 0.479. The predicted octanol–water partition coefficient (Wildman–Crippen LogP) is 4.21. The van der Waals surface area contributed by atoms with E-state index in [2.05, 4.69) is 5.48 Å². The molecule has 0 fully saturated rings. The third kappa shape index (κ3) is 8.16. The van der Waals surface area contributed by atoms with E-state index < -0.39 is 15.8 Å². The van der Waals surface area contributed by atoms with Gasteiger partial charge in [0.15, 0.2) is 9.84 Å². The summed E-state index contributed by atoms with van der Waals surface area (Å²) in [5, 5.41) is 8.77. The van der Waals surface area contributed by atoms with E-state index in [0.29, 0.717) is 35.8 Å². The van der Waals surface area contributed by atoms with Crippen LogP contribution in [0.15, 0.2) is 84.0 Å². The van der Waals surface area contributed by atoms with Crippen molar-refractivity contribution in [2.45, 2.75) is 24.3 Å². The molecule has 0 bridgehead atoms. The zero-order valence-electron chi connectivity index (χ0n) is 19.4. The molecule has 3 aromatic carbocycles. The van der Waals surface area contributed by atoms with Gasteiger partial charge in [0.1, 0.15) is 30.1 Å². The Balaban J connectivity index is 1.58. The maximum absolute atomic E-state index is 11.7. The van der Waals surface area contributed by atoms with Crippen molar-refractivity contribution in [2.75, 3.05) is 13.4 Å². The standard InChI is InChI=1S/C26H27NO7S/c1-32-27-25(21-8-14-24(15-9-21)35(2,30)31)18-34-23-12-5-20(6-13-23)17-33-22-10-3-19(4-11-22)7-16-26(28)29/h3-6,8-15,18,27H,7,16-17H2,1-2H3,(H,28,29). The highest BCUT2D eigenvalue weighted by atomic mass is 32.2. The molecular formula is C26H27NO7S. The normalized spacial score (nSPS) is 11.7. The van der Waals surface area contributed by atoms with Gasteiger partial charge in [-0.05, 0) is 53.9 Å². The molecule has 0 aromatic heterocycles. The SMILES string of the molecule is CONC(=COc1ccc(COc2ccc(CCC(=O)O)cc2)cc1)c1ccc(S(C)(=O)=O)cc1. The molecule has 0 amide bonds. The van der Waals surface area contributed by atoms with Crippen molar-refractivity contribution in [1.82, 2.24) is 5.48 Å². The summed E-state index contributed by atoms with van der Waals surface area (Å²) < 4.78 is 34.8. The Bertz CT molecular complexity index is 1250. The Morgan fingerprint density at radius 1 is 0.914 bits per heavy atom. The van der Waals surface area contributed by atoms with Crippen molar-refractivity contribution in [3.05, 3.63) is 95.7 Å². The van der Waals surface area contributed by atoms with Crippen LogP contribution in [-0.4, -0.2) is 32.9 Å². The first-order chi connectivity index (χ1) is 16.7. The van der Waals surface area contributed by atoms with Crippen LogP contribution in [0.4, 0.5) is 0 Å². The van der Waals surface area contributed by atoms with Gasteiger partial charge in [-0.15, -0.1) is 0 Å². The Morgan fingerprint density at radius 3 is 2.09 bits per heavy atom. The Labute approximate surface area is 204 Å². The number of ether oxygens (including phenoxy) is 2. The minimum Gasteiger partial charge on any atom is -0.489 e. The lowest BCUT2D eigenvalue weighted by atomic mass is 10.1. The van der Waals surface area contributed by atoms with E-state index in [0.717, 1.165) is 17.4 Å². The molecule has 9 heteroatoms. The van der Waals surface area contributed by atoms with E-state index in [4.69, 9.17) is 19.4 Å². The van der Waals surface area contributed by atoms with Crippen molar-refractivity contribution >= 4 is 21.5 Å². The first-order valence-corrected chi connectivity index (χ1v) is 12.6. The molecule has 0 spiro atoms. The van der Waals surface area contributed by atoms with Gasteiger partial charge in [0.25, 0.3) is 0 Å². The van der Waals surface area contributed by atoms with Gasteiger partial charge >= 0.3 is 5.97 Å². The Hall–Kier alpha value is -3.82. The number of carbonyl (C=O) groups is 1. The lowest BCUT2D eigenvalue weighted by molar-refractivity contribution is -0.136. The lowest BCUT2D eigenvalue weighted by Gasteiger charge is -2.11. The van der Waals surface area contributed by atoms with Crippen LogP contribution in [0.3, 0.4) is 0 Å². The summed E-state index contributed by atoms with van der Waals surface area (Å²) in [6.07, 6.45) is 3.22. The molecule has 0 unspecified atom stereocenters. The third-order valence-corrected chi connectivity index (χ3v) is 6.13. The quantitative estimate of drug-likeness (QED) is 0.283. The summed E-state index contributed by atoms with van der Waals surface area (Å²) in [7, 11) is -1.81. The highest BCUT2D eigenvalue weighted by molar-refractivity contribution is 7.90. The number of sulfone groups is 1. The van der Waals surface area contributed by atoms with Crippen LogP contribution in [0.2, 0.25) is 0 Å². The van der Waals surface area contributed by atoms with Crippen LogP contribution >= 0.6 is 0 Å². The molecule has 0 saturated heterocycles. The van der Waals surface area contributed by atoms with Gasteiger partial charge in [0.05, 0.1) is 12.0 Å². The molecule has 184 valence electrons. The number of rotatable bonds is 12. The predicted molar refractivity (Wildman–Crippen MR) is 131 cm³/mol. The van der Waals surface area contributed by atoms with Crippen LogP contribution in [0.25, 0.3) is 5.70 Å². The summed E-state index contributed by atoms with van der Waals surface area (Å²) >= 11 is 0. The zero-order valence-corrected chi connectivity index (χ0v) is 20.2. The van der Waals surface area contributed by atoms with E-state index >= 15 is 0 Å². The van der Waals surface area contributed by atoms with Gasteiger partial charge in [-0.3, -0.25) is 15.1 Å². The number of aliphatic carboxylic acids is 1. The molecule has 0 atom stereocenters. The first kappa shape index (κ1) is 25.8. The Morgan fingerprint density at radius 2 is 1.51 bits per heavy atom. The molecule has 0 heterocycles. The molecule has 3 rings (SSSR count). The first-order valence-electron chi connectivity index (χ1n) is 10.7. The van der Waals surface area contributed by atoms with E-state index in [1.54, 1.807) is 24.3 Å². The van der Waals surface area contributed by atoms with Gasteiger partial charge in [0, 0.05) is 18.2 Å². The number of hydrogen-bond acceptors (Lipinski definition) is 7. The van der Waals surface area contributed by atoms with Gasteiger partial charge in [-0.25, -0.2) is 8.42 Å². The maximum atomic E-state index is 11.7. The van der Waals surface area contributed by atoms with E-state index in [9.17, 15) is 13.2 Å². The Kier molecular flexibility index (Phi) is 8.88. The molecule has 0 aliphatic carbocycles. The molecular weight excluding hydrogens is 470 g/mol. The number of carboxylic acid groups (broad SMARTS) is 1. The summed E-state index contributed by atoms with van der Waals surface area (Å²) in [6.45, 7) is 0.369. The fourth-order valence-electron chi connectivity index (χ4n) is 3.10. The van der Waals surface area contributed by atoms with Gasteiger partial charge in [-0.1, -0.05) is 36.4 Å². The minimum absolute atomic E-state index is 0.0995. The number of carboxylic acids is 1. The molecule has 0 radical (unpaired) electrons. The number of benzene rings is 3. The molecule has 8 nitrogen and oxygen atoms in total. The lowest BCUT2D eigenvalue weighted by Crippen LogP contribution is -2.11. The van der Waals surface area contributed by atoms with Crippen LogP contribution in [0.1, 0.15) is 23.1 Å². The van der Waals surface area contributed by atoms with E-state index in [1.807, 2.05) is 36.4 Å². The average Bonchev–Trinajstić information content (AvgIpc) is 2.85. The monoisotopic (exact) mass is 497 g/mol. The largest absolute Gasteiger partial charge is 0.489 e. The van der Waals surface area contributed by atoms with Crippen LogP contribution in [0, 0.1) is 0 Å². The number of hydrogen-bond donors (Lipinski definition) is 2. The second-order valence-corrected chi connectivity index (χ2v) is 9.74. The number of aryl methyl sites for hydroxylation is 1. The molecule has 3 aromatic rings. The summed E-state index contributed by atoms with van der Waals surface area (Å²) in [5.41, 5.74) is 5.84. The zero-order chi connectivity index (χ0) is 25.3.